The van der Waals surface area contributed by atoms with E-state index in [0.29, 0.717) is 22.8 Å². The number of aryl methyl sites for hydroxylation is 1. The summed E-state index contributed by atoms with van der Waals surface area (Å²) < 4.78 is 64.7. The Labute approximate surface area is 262 Å². The summed E-state index contributed by atoms with van der Waals surface area (Å²) in [6.45, 7) is 1.91. The van der Waals surface area contributed by atoms with Crippen molar-refractivity contribution in [3.8, 4) is 11.5 Å². The van der Waals surface area contributed by atoms with Crippen LogP contribution >= 0.6 is 0 Å². The molecule has 4 aromatic carbocycles. The summed E-state index contributed by atoms with van der Waals surface area (Å²) in [6.07, 6.45) is 3.58. The van der Waals surface area contributed by atoms with Gasteiger partial charge >= 0.3 is 5.69 Å². The van der Waals surface area contributed by atoms with Gasteiger partial charge in [0.2, 0.25) is 5.75 Å². The van der Waals surface area contributed by atoms with Gasteiger partial charge in [0.05, 0.1) is 28.5 Å². The molecular weight excluding hydrogens is 644 g/mol. The van der Waals surface area contributed by atoms with Crippen LogP contribution < -0.4 is 9.68 Å². The lowest BCUT2D eigenvalue weighted by molar-refractivity contribution is -0.385. The van der Waals surface area contributed by atoms with Gasteiger partial charge in [0.15, 0.2) is 5.75 Å². The first-order valence-electron chi connectivity index (χ1n) is 12.9. The molecule has 0 bridgehead atoms. The molecule has 4 rings (SSSR count). The molecule has 0 saturated carbocycles. The Morgan fingerprint density at radius 3 is 2.04 bits per heavy atom. The third-order valence-corrected chi connectivity index (χ3v) is 7.74. The molecule has 15 nitrogen and oxygen atoms in total. The highest BCUT2D eigenvalue weighted by molar-refractivity contribution is 7.86. The van der Waals surface area contributed by atoms with Crippen LogP contribution in [-0.4, -0.2) is 49.5 Å². The topological polar surface area (TPSA) is 217 Å². The number of oxime groups is 3. The number of benzene rings is 4. The fraction of sp³-hybridized carbons (Fsp3) is 0.0690. The van der Waals surface area contributed by atoms with Crippen molar-refractivity contribution in [1.82, 2.24) is 0 Å². The summed E-state index contributed by atoms with van der Waals surface area (Å²) >= 11 is 0. The third-order valence-electron chi connectivity index (χ3n) is 5.99. The van der Waals surface area contributed by atoms with Crippen molar-refractivity contribution in [2.75, 3.05) is 0 Å². The van der Waals surface area contributed by atoms with Gasteiger partial charge in [-0.2, -0.15) is 16.8 Å². The molecule has 0 unspecified atom stereocenters. The highest BCUT2D eigenvalue weighted by atomic mass is 32.2. The van der Waals surface area contributed by atoms with Crippen LogP contribution in [0.15, 0.2) is 110 Å². The normalized spacial score (nSPS) is 12.2. The van der Waals surface area contributed by atoms with Crippen LogP contribution in [0.1, 0.15) is 27.8 Å². The molecule has 0 spiro atoms. The van der Waals surface area contributed by atoms with E-state index in [1.165, 1.54) is 30.6 Å². The van der Waals surface area contributed by atoms with E-state index in [1.807, 2.05) is 30.3 Å². The number of nitro groups is 1. The zero-order chi connectivity index (χ0) is 33.3. The van der Waals surface area contributed by atoms with E-state index in [9.17, 15) is 31.5 Å². The van der Waals surface area contributed by atoms with E-state index in [0.717, 1.165) is 23.9 Å². The second kappa shape index (κ2) is 14.5. The monoisotopic (exact) mass is 668 g/mol. The molecule has 238 valence electrons. The largest absolute Gasteiger partial charge is 0.391 e. The van der Waals surface area contributed by atoms with E-state index >= 15 is 0 Å². The van der Waals surface area contributed by atoms with Gasteiger partial charge in [0, 0.05) is 17.2 Å². The summed E-state index contributed by atoms with van der Waals surface area (Å²) in [7, 11) is -9.60. The van der Waals surface area contributed by atoms with Crippen molar-refractivity contribution < 1.29 is 45.4 Å². The molecule has 17 heteroatoms. The Morgan fingerprint density at radius 2 is 1.39 bits per heavy atom. The van der Waals surface area contributed by atoms with Crippen molar-refractivity contribution in [1.29, 1.82) is 0 Å². The highest BCUT2D eigenvalue weighted by Gasteiger charge is 2.20. The van der Waals surface area contributed by atoms with Gasteiger partial charge in [0.1, 0.15) is 11.5 Å². The van der Waals surface area contributed by atoms with Gasteiger partial charge in [-0.05, 0) is 66.1 Å². The first kappa shape index (κ1) is 33.4. The molecule has 0 aliphatic carbocycles. The van der Waals surface area contributed by atoms with E-state index < -0.39 is 35.0 Å². The Hall–Kier alpha value is -5.49. The second-order valence-corrected chi connectivity index (χ2v) is 12.1. The average Bonchev–Trinajstić information content (AvgIpc) is 3.00. The zero-order valence-electron chi connectivity index (χ0n) is 23.7. The molecule has 0 heterocycles. The number of rotatable bonds is 13. The molecule has 0 radical (unpaired) electrons. The lowest BCUT2D eigenvalue weighted by Gasteiger charge is -2.06. The SMILES string of the molecule is Cc1cc(/C=N/Oc2ccc(/C=N/OCc3ccccc3)cc2[N+](=O)[O-])ccc1O/N=C/c1ccc(S(=O)(=O)O)cc1S(=O)(=O)O. The summed E-state index contributed by atoms with van der Waals surface area (Å²) in [5, 5.41) is 23.0. The van der Waals surface area contributed by atoms with Crippen LogP contribution in [0.2, 0.25) is 0 Å². The Balaban J connectivity index is 1.39. The van der Waals surface area contributed by atoms with Crippen molar-refractivity contribution in [3.05, 3.63) is 123 Å². The Kier molecular flexibility index (Phi) is 10.5. The summed E-state index contributed by atoms with van der Waals surface area (Å²) in [4.78, 5) is 25.2. The Morgan fingerprint density at radius 1 is 0.761 bits per heavy atom. The average molecular weight is 669 g/mol. The standard InChI is InChI=1S/C29H24N4O11S2/c1-20-13-22(7-11-27(20)43-32-18-24-9-10-25(45(36,37)38)15-29(24)46(39,40)41)17-31-44-28-12-8-23(14-26(28)33(34)35)16-30-42-19-21-5-3-2-4-6-21/h2-18H,19H2,1H3,(H,36,37,38)(H,39,40,41)/b30-16+,31-17+,32-18+. The lowest BCUT2D eigenvalue weighted by Crippen LogP contribution is -2.07. The predicted octanol–water partition coefficient (Wildman–Crippen LogP) is 4.77. The first-order valence-corrected chi connectivity index (χ1v) is 15.8. The van der Waals surface area contributed by atoms with Crippen LogP contribution in [-0.2, 0) is 31.7 Å². The van der Waals surface area contributed by atoms with Crippen LogP contribution in [0.25, 0.3) is 0 Å². The van der Waals surface area contributed by atoms with Crippen molar-refractivity contribution in [3.63, 3.8) is 0 Å². The van der Waals surface area contributed by atoms with Crippen LogP contribution in [0.4, 0.5) is 5.69 Å². The molecule has 46 heavy (non-hydrogen) atoms. The molecule has 0 saturated heterocycles. The van der Waals surface area contributed by atoms with Crippen LogP contribution in [0.5, 0.6) is 11.5 Å². The highest BCUT2D eigenvalue weighted by Crippen LogP contribution is 2.28. The minimum Gasteiger partial charge on any atom is -0.391 e. The van der Waals surface area contributed by atoms with Crippen molar-refractivity contribution in [2.24, 2.45) is 15.5 Å². The number of hydrogen-bond acceptors (Lipinski definition) is 12. The molecule has 0 amide bonds. The lowest BCUT2D eigenvalue weighted by atomic mass is 10.1. The van der Waals surface area contributed by atoms with E-state index in [-0.39, 0.29) is 29.4 Å². The van der Waals surface area contributed by atoms with E-state index in [1.54, 1.807) is 25.1 Å². The van der Waals surface area contributed by atoms with Gasteiger partial charge < -0.3 is 14.5 Å². The predicted molar refractivity (Wildman–Crippen MR) is 166 cm³/mol. The summed E-state index contributed by atoms with van der Waals surface area (Å²) in [6, 6.07) is 20.8. The van der Waals surface area contributed by atoms with E-state index in [4.69, 9.17) is 19.1 Å². The molecule has 0 fully saturated rings. The molecule has 0 atom stereocenters. The zero-order valence-corrected chi connectivity index (χ0v) is 25.3. The maximum atomic E-state index is 11.7. The quantitative estimate of drug-likeness (QED) is 0.0855. The van der Waals surface area contributed by atoms with Crippen molar-refractivity contribution in [2.45, 2.75) is 23.3 Å². The smallest absolute Gasteiger partial charge is 0.315 e. The fourth-order valence-corrected chi connectivity index (χ4v) is 5.04. The summed E-state index contributed by atoms with van der Waals surface area (Å²) in [5.41, 5.74) is 1.87. The van der Waals surface area contributed by atoms with Crippen LogP contribution in [0, 0.1) is 17.0 Å². The first-order chi connectivity index (χ1) is 21.8. The molecular formula is C29H24N4O11S2. The molecule has 0 aromatic heterocycles. The maximum absolute atomic E-state index is 11.7. The van der Waals surface area contributed by atoms with Gasteiger partial charge in [-0.25, -0.2) is 0 Å². The maximum Gasteiger partial charge on any atom is 0.315 e. The van der Waals surface area contributed by atoms with Gasteiger partial charge in [-0.1, -0.05) is 51.9 Å². The minimum absolute atomic E-state index is 0.108. The minimum atomic E-state index is -4.87. The number of hydrogen-bond donors (Lipinski definition) is 2. The van der Waals surface area contributed by atoms with Gasteiger partial charge in [0.25, 0.3) is 20.2 Å². The van der Waals surface area contributed by atoms with Crippen molar-refractivity contribution >= 4 is 44.6 Å². The number of nitro benzene ring substituents is 1. The van der Waals surface area contributed by atoms with Gasteiger partial charge in [-0.3, -0.25) is 19.2 Å². The third kappa shape index (κ3) is 9.26. The molecule has 4 aromatic rings. The fourth-order valence-electron chi connectivity index (χ4n) is 3.76. The number of nitrogens with zero attached hydrogens (tertiary/aromatic N) is 4. The molecule has 0 aliphatic heterocycles. The summed E-state index contributed by atoms with van der Waals surface area (Å²) in [5.74, 6) is 0.140. The molecule has 0 aliphatic rings. The second-order valence-electron chi connectivity index (χ2n) is 9.30. The van der Waals surface area contributed by atoms with Gasteiger partial charge in [-0.15, -0.1) is 0 Å². The van der Waals surface area contributed by atoms with Crippen LogP contribution in [0.3, 0.4) is 0 Å². The Bertz CT molecular complexity index is 2050. The van der Waals surface area contributed by atoms with E-state index in [2.05, 4.69) is 15.5 Å². The molecule has 2 N–H and O–H groups in total.